The van der Waals surface area contributed by atoms with Crippen molar-refractivity contribution in [1.29, 1.82) is 0 Å². The van der Waals surface area contributed by atoms with Gasteiger partial charge in [-0.2, -0.15) is 13.2 Å². The lowest BCUT2D eigenvalue weighted by atomic mass is 9.89. The molecule has 168 valence electrons. The van der Waals surface area contributed by atoms with Crippen LogP contribution >= 0.6 is 0 Å². The molecule has 1 unspecified atom stereocenters. The van der Waals surface area contributed by atoms with Crippen molar-refractivity contribution in [3.8, 4) is 5.75 Å². The summed E-state index contributed by atoms with van der Waals surface area (Å²) in [5, 5.41) is 10.7. The molecule has 0 saturated carbocycles. The lowest BCUT2D eigenvalue weighted by Gasteiger charge is -2.24. The van der Waals surface area contributed by atoms with Crippen molar-refractivity contribution in [2.45, 2.75) is 18.6 Å². The number of aliphatic imine (C=N–C) groups is 1. The number of allylic oxidation sites excluding steroid dienone is 2. The van der Waals surface area contributed by atoms with Crippen LogP contribution in [0.4, 0.5) is 22.4 Å². The van der Waals surface area contributed by atoms with Gasteiger partial charge in [-0.05, 0) is 18.1 Å². The summed E-state index contributed by atoms with van der Waals surface area (Å²) >= 11 is 0. The molecule has 31 heavy (non-hydrogen) atoms. The minimum Gasteiger partial charge on any atom is -0.480 e. The zero-order valence-electron chi connectivity index (χ0n) is 16.9. The topological polar surface area (TPSA) is 77.4 Å². The number of nitrogens with zero attached hydrogens (tertiary/aromatic N) is 3. The molecule has 1 aliphatic carbocycles. The Balaban J connectivity index is 1.83. The number of hydrogen-bond donors (Lipinski definition) is 2. The lowest BCUT2D eigenvalue weighted by Crippen LogP contribution is -2.35. The number of nitrogens with one attached hydrogen (secondary N) is 1. The second kappa shape index (κ2) is 8.96. The second-order valence-corrected chi connectivity index (χ2v) is 7.21. The standard InChI is InChI=1S/C20H22F4N4O3/c1-27(19(29)30)9-8-25-18-14-7-6-12(10-16(14)28(2)26-18)13-4-3-5-15(21)17(13)31-11-20(22,23)24/h3-7,16H,8-11H2,1-2H3,(H,25,26)(H,29,30). The minimum atomic E-state index is -4.58. The van der Waals surface area contributed by atoms with Gasteiger partial charge >= 0.3 is 12.3 Å². The highest BCUT2D eigenvalue weighted by Gasteiger charge is 2.35. The van der Waals surface area contributed by atoms with Gasteiger partial charge in [-0.15, -0.1) is 0 Å². The average Bonchev–Trinajstić information content (AvgIpc) is 3.01. The number of alkyl halides is 3. The fourth-order valence-electron chi connectivity index (χ4n) is 3.38. The molecule has 0 spiro atoms. The van der Waals surface area contributed by atoms with Gasteiger partial charge in [0.15, 0.2) is 18.2 Å². The van der Waals surface area contributed by atoms with Crippen LogP contribution in [0.5, 0.6) is 5.75 Å². The average molecular weight is 442 g/mol. The summed E-state index contributed by atoms with van der Waals surface area (Å²) in [7, 11) is 3.24. The van der Waals surface area contributed by atoms with E-state index < -0.39 is 30.4 Å². The third-order valence-electron chi connectivity index (χ3n) is 4.98. The largest absolute Gasteiger partial charge is 0.480 e. The highest BCUT2D eigenvalue weighted by atomic mass is 19.4. The van der Waals surface area contributed by atoms with Crippen LogP contribution < -0.4 is 10.2 Å². The van der Waals surface area contributed by atoms with Crippen LogP contribution in [0.3, 0.4) is 0 Å². The van der Waals surface area contributed by atoms with Gasteiger partial charge in [-0.3, -0.25) is 4.99 Å². The van der Waals surface area contributed by atoms with Gasteiger partial charge in [0.2, 0.25) is 0 Å². The molecule has 1 aromatic carbocycles. The molecule has 2 aliphatic rings. The van der Waals surface area contributed by atoms with Crippen molar-refractivity contribution in [3.63, 3.8) is 0 Å². The van der Waals surface area contributed by atoms with Gasteiger partial charge < -0.3 is 20.2 Å². The summed E-state index contributed by atoms with van der Waals surface area (Å²) in [4.78, 5) is 16.4. The van der Waals surface area contributed by atoms with Crippen LogP contribution in [0.25, 0.3) is 5.57 Å². The molecule has 0 radical (unpaired) electrons. The van der Waals surface area contributed by atoms with E-state index in [1.54, 1.807) is 24.2 Å². The summed E-state index contributed by atoms with van der Waals surface area (Å²) in [6.45, 7) is -1.09. The van der Waals surface area contributed by atoms with E-state index >= 15 is 0 Å². The van der Waals surface area contributed by atoms with E-state index in [0.717, 1.165) is 16.5 Å². The van der Waals surface area contributed by atoms with Gasteiger partial charge in [-0.25, -0.2) is 14.2 Å². The fourth-order valence-corrected chi connectivity index (χ4v) is 3.38. The number of carboxylic acid groups (broad SMARTS) is 1. The first-order valence-corrected chi connectivity index (χ1v) is 9.44. The SMILES string of the molecule is CN(CCN=C1NN(C)C2CC(c3cccc(F)c3OCC(F)(F)F)=CC=C12)C(=O)O. The quantitative estimate of drug-likeness (QED) is 0.662. The Morgan fingerprint density at radius 1 is 1.39 bits per heavy atom. The van der Waals surface area contributed by atoms with Crippen molar-refractivity contribution >= 4 is 17.5 Å². The fraction of sp³-hybridized carbons (Fsp3) is 0.400. The Morgan fingerprint density at radius 2 is 2.13 bits per heavy atom. The monoisotopic (exact) mass is 442 g/mol. The van der Waals surface area contributed by atoms with Gasteiger partial charge in [0.05, 0.1) is 12.6 Å². The number of fused-ring (bicyclic) bond motifs is 1. The van der Waals surface area contributed by atoms with Crippen molar-refractivity contribution in [1.82, 2.24) is 15.3 Å². The van der Waals surface area contributed by atoms with E-state index in [9.17, 15) is 22.4 Å². The van der Waals surface area contributed by atoms with Crippen LogP contribution in [0.15, 0.2) is 40.9 Å². The van der Waals surface area contributed by atoms with E-state index in [1.807, 2.05) is 0 Å². The molecular weight excluding hydrogens is 420 g/mol. The lowest BCUT2D eigenvalue weighted by molar-refractivity contribution is -0.153. The number of hydrogen-bond acceptors (Lipinski definition) is 4. The minimum absolute atomic E-state index is 0.172. The first-order chi connectivity index (χ1) is 14.6. The Hall–Kier alpha value is -3.08. The number of halogens is 4. The number of likely N-dealkylation sites (N-methyl/N-ethyl adjacent to an activating group) is 2. The number of amidine groups is 1. The zero-order valence-corrected chi connectivity index (χ0v) is 16.9. The molecule has 1 heterocycles. The van der Waals surface area contributed by atoms with Crippen molar-refractivity contribution in [2.24, 2.45) is 4.99 Å². The van der Waals surface area contributed by atoms with Crippen molar-refractivity contribution in [2.75, 3.05) is 33.8 Å². The summed E-state index contributed by atoms with van der Waals surface area (Å²) in [6, 6.07) is 3.84. The Bertz CT molecular complexity index is 943. The van der Waals surface area contributed by atoms with E-state index in [0.29, 0.717) is 17.8 Å². The summed E-state index contributed by atoms with van der Waals surface area (Å²) < 4.78 is 56.7. The Morgan fingerprint density at radius 3 is 2.81 bits per heavy atom. The van der Waals surface area contributed by atoms with Gasteiger partial charge in [0, 0.05) is 31.8 Å². The Labute approximate surface area is 176 Å². The Kier molecular flexibility index (Phi) is 6.54. The maximum Gasteiger partial charge on any atom is 0.422 e. The number of hydrazine groups is 1. The third kappa shape index (κ3) is 5.35. The molecule has 1 aliphatic heterocycles. The predicted molar refractivity (Wildman–Crippen MR) is 106 cm³/mol. The second-order valence-electron chi connectivity index (χ2n) is 7.21. The van der Waals surface area contributed by atoms with Crippen molar-refractivity contribution in [3.05, 3.63) is 47.3 Å². The summed E-state index contributed by atoms with van der Waals surface area (Å²) in [5.41, 5.74) is 4.86. The number of ether oxygens (including phenoxy) is 1. The number of amides is 1. The van der Waals surface area contributed by atoms with Crippen LogP contribution in [0.2, 0.25) is 0 Å². The van der Waals surface area contributed by atoms with E-state index in [4.69, 9.17) is 9.84 Å². The van der Waals surface area contributed by atoms with Crippen LogP contribution in [0, 0.1) is 5.82 Å². The molecule has 1 atom stereocenters. The van der Waals surface area contributed by atoms with Crippen LogP contribution in [0.1, 0.15) is 12.0 Å². The number of rotatable bonds is 6. The smallest absolute Gasteiger partial charge is 0.422 e. The molecule has 1 amide bonds. The zero-order chi connectivity index (χ0) is 22.8. The molecule has 0 aromatic heterocycles. The van der Waals surface area contributed by atoms with E-state index in [-0.39, 0.29) is 24.7 Å². The van der Waals surface area contributed by atoms with Crippen LogP contribution in [-0.4, -0.2) is 73.0 Å². The molecule has 7 nitrogen and oxygen atoms in total. The molecule has 1 fully saturated rings. The first kappa shape index (κ1) is 22.6. The maximum absolute atomic E-state index is 14.2. The number of para-hydroxylation sites is 1. The normalized spacial score (nSPS) is 20.1. The van der Waals surface area contributed by atoms with Crippen molar-refractivity contribution < 1.29 is 32.2 Å². The summed E-state index contributed by atoms with van der Waals surface area (Å²) in [5.74, 6) is -0.698. The maximum atomic E-state index is 14.2. The van der Waals surface area contributed by atoms with E-state index in [2.05, 4.69) is 10.4 Å². The van der Waals surface area contributed by atoms with Gasteiger partial charge in [-0.1, -0.05) is 24.3 Å². The number of carbonyl (C=O) groups is 1. The predicted octanol–water partition coefficient (Wildman–Crippen LogP) is 3.31. The van der Waals surface area contributed by atoms with Crippen LogP contribution in [-0.2, 0) is 0 Å². The molecule has 1 aromatic rings. The number of benzene rings is 1. The third-order valence-corrected chi connectivity index (χ3v) is 4.98. The molecule has 3 rings (SSSR count). The molecule has 1 saturated heterocycles. The highest BCUT2D eigenvalue weighted by molar-refractivity contribution is 6.02. The molecule has 0 bridgehead atoms. The highest BCUT2D eigenvalue weighted by Crippen LogP contribution is 2.37. The van der Waals surface area contributed by atoms with E-state index in [1.165, 1.54) is 19.2 Å². The van der Waals surface area contributed by atoms with Gasteiger partial charge in [0.1, 0.15) is 5.84 Å². The molecular formula is C20H22F4N4O3. The molecule has 11 heteroatoms. The molecule has 2 N–H and O–H groups in total. The summed E-state index contributed by atoms with van der Waals surface area (Å²) in [6.07, 6.45) is -1.74. The first-order valence-electron chi connectivity index (χ1n) is 9.44. The van der Waals surface area contributed by atoms with Gasteiger partial charge in [0.25, 0.3) is 0 Å².